The van der Waals surface area contributed by atoms with Crippen LogP contribution >= 0.6 is 0 Å². The minimum atomic E-state index is -2.46. The molecule has 5 aromatic heterocycles. The van der Waals surface area contributed by atoms with Crippen LogP contribution in [0.25, 0.3) is 33.4 Å². The summed E-state index contributed by atoms with van der Waals surface area (Å²) in [4.78, 5) is 124. The van der Waals surface area contributed by atoms with Crippen molar-refractivity contribution in [1.82, 2.24) is 69.2 Å². The van der Waals surface area contributed by atoms with Crippen molar-refractivity contribution < 1.29 is 82.1 Å². The number of nitrogen functional groups attached to an aromatic ring is 2. The van der Waals surface area contributed by atoms with Crippen molar-refractivity contribution in [3.8, 4) is 11.3 Å². The molecule has 135 heavy (non-hydrogen) atoms. The summed E-state index contributed by atoms with van der Waals surface area (Å²) in [5.41, 5.74) is 22.6. The number of rotatable bonds is 21. The first-order chi connectivity index (χ1) is 65.1. The average Bonchev–Trinajstić information content (AvgIpc) is 1.59. The molecule has 3 amide bonds. The molecule has 0 radical (unpaired) electrons. The number of nitrogens with zero attached hydrogens (tertiary/aromatic N) is 17. The van der Waals surface area contributed by atoms with Gasteiger partial charge in [-0.1, -0.05) is 94.4 Å². The number of piperidine rings is 1. The Morgan fingerprint density at radius 2 is 1.44 bits per heavy atom. The summed E-state index contributed by atoms with van der Waals surface area (Å²) in [6.45, 7) is 24.2. The Labute approximate surface area is 788 Å². The van der Waals surface area contributed by atoms with Gasteiger partial charge < -0.3 is 94.1 Å². The molecule has 36 heteroatoms. The first-order valence-corrected chi connectivity index (χ1v) is 48.1. The molecule has 15 rings (SSSR count). The third-order valence-electron chi connectivity index (χ3n) is 28.8. The van der Waals surface area contributed by atoms with Gasteiger partial charge in [-0.05, 0) is 148 Å². The molecule has 8 N–H and O–H groups in total. The lowest BCUT2D eigenvalue weighted by Gasteiger charge is -2.43. The Bertz CT molecular complexity index is 5440. The van der Waals surface area contributed by atoms with Crippen LogP contribution in [0.5, 0.6) is 0 Å². The first-order valence-electron chi connectivity index (χ1n) is 48.1. The maximum absolute atomic E-state index is 14.8. The van der Waals surface area contributed by atoms with Gasteiger partial charge in [0.15, 0.2) is 17.8 Å². The SMILES string of the molecule is CO[C@H]1C[C@@H]2CC[C@@H](C)[C@@](O)(O2)C(=O)C(=O)N2CCCC[C@H]2C(=O)O[C@H]([C@H](C)C[C@@H]2CC[C@@H](O)[C@H](OC)C2)C[C@@H](O)[C@H](C)/C=C(\C)[C@@H](O)[C@@H](OC)/C(=N/OCC(=O)N2CCc3nc(N4CCN(CCOCCN5CCN(c6ncc(C(=O)N7CCc8cc(Cn9nc(-c%10ccc%11oc(N)nc%11c%10)c%10c(N)ncnc%109)ccc8C7)cn6)CC5)CC4)ncc3C2)[C@H](C)C[C@H](C)/C=C/C=CC=C1C. The van der Waals surface area contributed by atoms with Crippen molar-refractivity contribution in [2.75, 3.05) is 147 Å². The molecule has 0 unspecified atom stereocenters. The van der Waals surface area contributed by atoms with E-state index in [4.69, 9.17) is 64.2 Å². The van der Waals surface area contributed by atoms with Crippen LogP contribution < -0.4 is 21.3 Å². The van der Waals surface area contributed by atoms with Crippen LogP contribution in [0.1, 0.15) is 164 Å². The zero-order valence-electron chi connectivity index (χ0n) is 79.6. The van der Waals surface area contributed by atoms with E-state index in [-0.39, 0.29) is 80.0 Å². The summed E-state index contributed by atoms with van der Waals surface area (Å²) in [7, 11) is 4.65. The number of aromatic nitrogens is 9. The summed E-state index contributed by atoms with van der Waals surface area (Å²) >= 11 is 0. The van der Waals surface area contributed by atoms with Crippen LogP contribution in [0.4, 0.5) is 23.7 Å². The molecule has 2 bridgehead atoms. The Morgan fingerprint density at radius 1 is 0.704 bits per heavy atom. The number of ketones is 1. The summed E-state index contributed by atoms with van der Waals surface area (Å²) < 4.78 is 44.1. The van der Waals surface area contributed by atoms with Gasteiger partial charge in [-0.2, -0.15) is 10.1 Å². The van der Waals surface area contributed by atoms with E-state index in [2.05, 4.69) is 80.9 Å². The number of anilines is 4. The fraction of sp³-hybridized carbons (Fsp3) is 0.596. The predicted molar refractivity (Wildman–Crippen MR) is 507 cm³/mol. The van der Waals surface area contributed by atoms with E-state index in [1.54, 1.807) is 57.5 Å². The number of Topliss-reactive ketones (excluding diaryl/α,β-unsaturated/α-hetero) is 1. The second-order valence-corrected chi connectivity index (χ2v) is 38.2. The largest absolute Gasteiger partial charge is 0.460 e. The second-order valence-electron chi connectivity index (χ2n) is 38.2. The van der Waals surface area contributed by atoms with E-state index >= 15 is 0 Å². The minimum absolute atomic E-state index is 0.0268. The number of benzene rings is 2. The zero-order valence-corrected chi connectivity index (χ0v) is 79.6. The normalized spacial score (nSPS) is 28.5. The van der Waals surface area contributed by atoms with Crippen molar-refractivity contribution >= 4 is 81.0 Å². The lowest BCUT2D eigenvalue weighted by atomic mass is 9.78. The van der Waals surface area contributed by atoms with Gasteiger partial charge in [0, 0.05) is 186 Å². The van der Waals surface area contributed by atoms with Gasteiger partial charge in [0.2, 0.25) is 17.7 Å². The highest BCUT2D eigenvalue weighted by atomic mass is 16.6. The number of cyclic esters (lactones) is 1. The summed E-state index contributed by atoms with van der Waals surface area (Å²) in [6.07, 6.45) is 18.2. The number of aliphatic hydroxyl groups excluding tert-OH is 3. The first kappa shape index (κ1) is 98.9. The Balaban J connectivity index is 0.512. The van der Waals surface area contributed by atoms with Crippen LogP contribution in [0, 0.1) is 35.5 Å². The van der Waals surface area contributed by atoms with Crippen molar-refractivity contribution in [3.05, 3.63) is 142 Å². The molecule has 36 nitrogen and oxygen atoms in total. The third kappa shape index (κ3) is 23.8. The average molecular weight is 1860 g/mol. The molecule has 12 heterocycles. The van der Waals surface area contributed by atoms with Crippen LogP contribution in [0.3, 0.4) is 0 Å². The lowest BCUT2D eigenvalue weighted by molar-refractivity contribution is -0.265. The van der Waals surface area contributed by atoms with E-state index in [0.29, 0.717) is 172 Å². The highest BCUT2D eigenvalue weighted by molar-refractivity contribution is 6.39. The van der Waals surface area contributed by atoms with Gasteiger partial charge in [-0.15, -0.1) is 0 Å². The number of carbonyl (C=O) groups excluding carboxylic acids is 5. The molecular formula is C99H135N19O17. The summed E-state index contributed by atoms with van der Waals surface area (Å²) in [5.74, 6) is -6.16. The number of ether oxygens (including phenoxy) is 6. The van der Waals surface area contributed by atoms with E-state index in [1.165, 1.54) is 23.9 Å². The fourth-order valence-corrected chi connectivity index (χ4v) is 20.4. The van der Waals surface area contributed by atoms with Crippen molar-refractivity contribution in [2.45, 2.75) is 219 Å². The number of amides is 3. The van der Waals surface area contributed by atoms with E-state index in [9.17, 15) is 44.4 Å². The van der Waals surface area contributed by atoms with Crippen molar-refractivity contribution in [1.29, 1.82) is 0 Å². The molecule has 7 aliphatic heterocycles. The number of oxazole rings is 1. The Kier molecular flexibility index (Phi) is 33.0. The Hall–Kier alpha value is -10.6. The molecule has 0 spiro atoms. The van der Waals surface area contributed by atoms with Crippen LogP contribution in [0.2, 0.25) is 0 Å². The van der Waals surface area contributed by atoms with E-state index < -0.39 is 90.7 Å². The molecule has 7 aromatic rings. The number of methoxy groups -OCH3 is 3. The lowest BCUT2D eigenvalue weighted by Crippen LogP contribution is -2.61. The second kappa shape index (κ2) is 45.1. The minimum Gasteiger partial charge on any atom is -0.460 e. The molecule has 728 valence electrons. The number of piperazine rings is 2. The maximum atomic E-state index is 14.8. The van der Waals surface area contributed by atoms with Gasteiger partial charge >= 0.3 is 5.97 Å². The number of esters is 1. The van der Waals surface area contributed by atoms with Crippen LogP contribution in [0.15, 0.2) is 118 Å². The fourth-order valence-electron chi connectivity index (χ4n) is 20.4. The molecule has 4 saturated heterocycles. The van der Waals surface area contributed by atoms with Gasteiger partial charge in [0.05, 0.1) is 72.6 Å². The molecule has 16 atom stereocenters. The number of hydrogen-bond acceptors (Lipinski definition) is 32. The molecule has 5 fully saturated rings. The predicted octanol–water partition coefficient (Wildman–Crippen LogP) is 8.26. The number of aliphatic hydroxyl groups is 4. The number of hydrogen-bond donors (Lipinski definition) is 6. The summed E-state index contributed by atoms with van der Waals surface area (Å²) in [6, 6.07) is 10.8. The highest BCUT2D eigenvalue weighted by Crippen LogP contribution is 2.41. The highest BCUT2D eigenvalue weighted by Gasteiger charge is 2.54. The van der Waals surface area contributed by atoms with E-state index in [0.717, 1.165) is 99.0 Å². The topological polar surface area (TPSA) is 439 Å². The molecule has 1 aliphatic carbocycles. The van der Waals surface area contributed by atoms with Crippen molar-refractivity contribution in [3.63, 3.8) is 0 Å². The standard InChI is InChI=1S/C99H135N19O17/c1-60-16-12-11-13-17-61(2)81(128-8)50-74-24-19-66(7)99(127,135-74)90(123)94(125)117-29-15-14-18-77(117)95(126)133-82(63(4)46-67-21-25-78(119)83(48-67)129-9)51-79(120)62(3)45-65(6)88(122)89(130-10)86(64(5)44-60)110-132-58-84(121)115-31-28-75-73(57-115)54-104-98(108-75)114-38-34-112(35-39-114)41-43-131-42-40-111-32-36-113(37-33-111)97-102-52-72(53-103-97)93(124)116-30-27-69-47-68(20-22-71(69)56-116)55-118-92-85(91(100)105-59-106-92)87(109-118)70-23-26-80-76(49-70)107-96(101)134-80/h11-13,16-17,20,22-23,26,45,47,49,52-54,59-60,62-64,66-67,74,77-79,81-83,88-89,119-120,122,127H,14-15,18-19,21,24-25,27-44,46,48,50-51,55-58H2,1-10H3,(H2,101,107)(H2,100,105,106)/b13-11?,16-12+,61-17?,65-45+,110-86+/t60-,62-,63-,64-,66-,67+,74+,77+,78-,79-,81+,82+,83-,88-,89+,99-/m1/s1. The van der Waals surface area contributed by atoms with Gasteiger partial charge in [0.1, 0.15) is 47.7 Å². The number of oxime groups is 1. The number of nitrogens with two attached hydrogens (primary N) is 2. The van der Waals surface area contributed by atoms with E-state index in [1.807, 2.05) is 79.9 Å². The van der Waals surface area contributed by atoms with Gasteiger partial charge in [0.25, 0.3) is 29.5 Å². The number of fused-ring (bicyclic) bond motifs is 7. The molecule has 8 aliphatic rings. The monoisotopic (exact) mass is 1860 g/mol. The summed E-state index contributed by atoms with van der Waals surface area (Å²) in [5, 5.41) is 58.0. The van der Waals surface area contributed by atoms with Gasteiger partial charge in [-0.3, -0.25) is 29.0 Å². The zero-order chi connectivity index (χ0) is 95.3. The van der Waals surface area contributed by atoms with Crippen LogP contribution in [-0.4, -0.2) is 312 Å². The van der Waals surface area contributed by atoms with Crippen molar-refractivity contribution in [2.24, 2.45) is 40.7 Å². The Morgan fingerprint density at radius 3 is 2.18 bits per heavy atom. The molecular weight excluding hydrogens is 1730 g/mol. The third-order valence-corrected chi connectivity index (χ3v) is 28.8. The van der Waals surface area contributed by atoms with Crippen LogP contribution in [-0.2, 0) is 84.9 Å². The quantitative estimate of drug-likeness (QED) is 0.0129. The number of carbonyl (C=O) groups is 5. The molecule has 2 aromatic carbocycles. The maximum Gasteiger partial charge on any atom is 0.329 e. The van der Waals surface area contributed by atoms with Gasteiger partial charge in [-0.25, -0.2) is 39.4 Å². The number of allylic oxidation sites excluding steroid dienone is 5. The smallest absolute Gasteiger partial charge is 0.329 e. The molecule has 1 saturated carbocycles.